The quantitative estimate of drug-likeness (QED) is 0.517. The molecule has 2 fully saturated rings. The molecule has 0 atom stereocenters. The van der Waals surface area contributed by atoms with Crippen LogP contribution in [0.25, 0.3) is 0 Å². The van der Waals surface area contributed by atoms with Crippen molar-refractivity contribution in [3.05, 3.63) is 22.8 Å². The Balaban J connectivity index is 2.30. The number of likely N-dealkylation sites (N-methyl/N-ethyl adjacent to an activating group) is 2. The largest absolute Gasteiger partial charge is 0.369 e. The van der Waals surface area contributed by atoms with Crippen LogP contribution in [-0.2, 0) is 9.59 Å². The number of barbiturate groups is 1. The van der Waals surface area contributed by atoms with E-state index in [2.05, 4.69) is 4.90 Å². The van der Waals surface area contributed by atoms with Crippen molar-refractivity contribution in [1.29, 1.82) is 0 Å². The fourth-order valence-corrected chi connectivity index (χ4v) is 2.88. The van der Waals surface area contributed by atoms with Gasteiger partial charge in [0.05, 0.1) is 5.03 Å². The fraction of sp³-hybridized carbons (Fsp3) is 0.417. The molecule has 2 heterocycles. The first-order valence-electron chi connectivity index (χ1n) is 5.79. The molecule has 19 heavy (non-hydrogen) atoms. The van der Waals surface area contributed by atoms with Crippen LogP contribution >= 0.6 is 11.8 Å². The first-order valence-corrected chi connectivity index (χ1v) is 6.78. The molecule has 0 aromatic carbocycles. The minimum Gasteiger partial charge on any atom is -0.369 e. The van der Waals surface area contributed by atoms with Crippen molar-refractivity contribution in [3.8, 4) is 0 Å². The smallest absolute Gasteiger partial charge is 0.333 e. The number of rotatable bonds is 1. The minimum atomic E-state index is -0.604. The van der Waals surface area contributed by atoms with Crippen LogP contribution in [-0.4, -0.2) is 66.0 Å². The number of hydrogen-bond acceptors (Lipinski definition) is 5. The Labute approximate surface area is 115 Å². The van der Waals surface area contributed by atoms with Gasteiger partial charge in [0.2, 0.25) is 0 Å². The molecule has 2 saturated heterocycles. The van der Waals surface area contributed by atoms with E-state index in [9.17, 15) is 14.4 Å². The van der Waals surface area contributed by atoms with Gasteiger partial charge < -0.3 is 4.90 Å². The summed E-state index contributed by atoms with van der Waals surface area (Å²) in [5.41, 5.74) is 0.0120. The number of imide groups is 2. The summed E-state index contributed by atoms with van der Waals surface area (Å²) in [7, 11) is 4.69. The number of amides is 4. The number of hydrogen-bond donors (Lipinski definition) is 0. The average molecular weight is 281 g/mol. The second-order valence-electron chi connectivity index (χ2n) is 4.37. The molecule has 2 aliphatic rings. The second kappa shape index (κ2) is 5.08. The summed E-state index contributed by atoms with van der Waals surface area (Å²) in [4.78, 5) is 39.3. The summed E-state index contributed by atoms with van der Waals surface area (Å²) >= 11 is 1.67. The standard InChI is InChI=1S/C12H15N3O3S/c1-13-6-7-19-9(13)5-4-8-10(16)14(2)12(18)15(3)11(8)17/h4-5H,6-7H2,1-3H3/b9-5+. The van der Waals surface area contributed by atoms with Gasteiger partial charge in [-0.25, -0.2) is 4.79 Å². The molecule has 0 N–H and O–H groups in total. The molecule has 0 radical (unpaired) electrons. The van der Waals surface area contributed by atoms with Crippen LogP contribution in [0.2, 0.25) is 0 Å². The maximum Gasteiger partial charge on any atom is 0.333 e. The molecule has 2 rings (SSSR count). The molecule has 0 unspecified atom stereocenters. The summed E-state index contributed by atoms with van der Waals surface area (Å²) in [6, 6.07) is -0.604. The number of allylic oxidation sites excluding steroid dienone is 2. The van der Waals surface area contributed by atoms with Crippen molar-refractivity contribution in [2.24, 2.45) is 0 Å². The maximum atomic E-state index is 11.9. The minimum absolute atomic E-state index is 0.0120. The van der Waals surface area contributed by atoms with Gasteiger partial charge >= 0.3 is 6.03 Å². The van der Waals surface area contributed by atoms with Crippen molar-refractivity contribution in [1.82, 2.24) is 14.7 Å². The molecule has 0 bridgehead atoms. The Morgan fingerprint density at radius 1 is 1.00 bits per heavy atom. The predicted molar refractivity (Wildman–Crippen MR) is 72.2 cm³/mol. The molecule has 2 aliphatic heterocycles. The highest BCUT2D eigenvalue weighted by Gasteiger charge is 2.37. The fourth-order valence-electron chi connectivity index (χ4n) is 1.83. The van der Waals surface area contributed by atoms with Crippen LogP contribution in [0.3, 0.4) is 0 Å². The average Bonchev–Trinajstić information content (AvgIpc) is 2.80. The van der Waals surface area contributed by atoms with Crippen molar-refractivity contribution in [2.45, 2.75) is 0 Å². The Morgan fingerprint density at radius 2 is 1.58 bits per heavy atom. The molecular formula is C12H15N3O3S. The van der Waals surface area contributed by atoms with E-state index in [0.717, 1.165) is 27.1 Å². The molecule has 0 aromatic rings. The summed E-state index contributed by atoms with van der Waals surface area (Å²) in [5, 5.41) is 1.01. The Morgan fingerprint density at radius 3 is 2.05 bits per heavy atom. The number of thioether (sulfide) groups is 1. The van der Waals surface area contributed by atoms with Gasteiger partial charge in [-0.3, -0.25) is 19.4 Å². The van der Waals surface area contributed by atoms with Gasteiger partial charge in [0.15, 0.2) is 0 Å². The van der Waals surface area contributed by atoms with E-state index in [1.54, 1.807) is 17.8 Å². The van der Waals surface area contributed by atoms with Crippen LogP contribution in [0.15, 0.2) is 22.8 Å². The lowest BCUT2D eigenvalue weighted by Gasteiger charge is -2.28. The zero-order chi connectivity index (χ0) is 14.2. The third-order valence-electron chi connectivity index (χ3n) is 3.09. The molecule has 0 spiro atoms. The molecule has 0 aliphatic carbocycles. The molecule has 4 amide bonds. The summed E-state index contributed by atoms with van der Waals surface area (Å²) in [6.07, 6.45) is 3.24. The van der Waals surface area contributed by atoms with Crippen LogP contribution < -0.4 is 0 Å². The topological polar surface area (TPSA) is 60.9 Å². The van der Waals surface area contributed by atoms with Crippen LogP contribution in [0.5, 0.6) is 0 Å². The highest BCUT2D eigenvalue weighted by atomic mass is 32.2. The summed E-state index contributed by atoms with van der Waals surface area (Å²) < 4.78 is 0. The highest BCUT2D eigenvalue weighted by Crippen LogP contribution is 2.26. The van der Waals surface area contributed by atoms with E-state index in [1.807, 2.05) is 7.05 Å². The number of urea groups is 1. The van der Waals surface area contributed by atoms with E-state index in [-0.39, 0.29) is 5.57 Å². The van der Waals surface area contributed by atoms with E-state index in [0.29, 0.717) is 0 Å². The first-order chi connectivity index (χ1) is 8.93. The Kier molecular flexibility index (Phi) is 3.66. The van der Waals surface area contributed by atoms with Crippen molar-refractivity contribution in [3.63, 3.8) is 0 Å². The Hall–Kier alpha value is -1.76. The SMILES string of the molecule is CN1C(=O)C(=C/C=C2/SCCN2C)C(=O)N(C)C1=O. The van der Waals surface area contributed by atoms with E-state index in [4.69, 9.17) is 0 Å². The molecular weight excluding hydrogens is 266 g/mol. The van der Waals surface area contributed by atoms with E-state index in [1.165, 1.54) is 20.2 Å². The molecule has 0 aromatic heterocycles. The molecule has 7 heteroatoms. The van der Waals surface area contributed by atoms with Crippen molar-refractivity contribution < 1.29 is 14.4 Å². The van der Waals surface area contributed by atoms with Crippen LogP contribution in [0.1, 0.15) is 0 Å². The number of carbonyl (C=O) groups is 3. The zero-order valence-corrected chi connectivity index (χ0v) is 11.9. The second-order valence-corrected chi connectivity index (χ2v) is 5.48. The lowest BCUT2D eigenvalue weighted by Crippen LogP contribution is -2.53. The van der Waals surface area contributed by atoms with Crippen LogP contribution in [0, 0.1) is 0 Å². The number of nitrogens with zero attached hydrogens (tertiary/aromatic N) is 3. The predicted octanol–water partition coefficient (Wildman–Crippen LogP) is 0.483. The zero-order valence-electron chi connectivity index (χ0n) is 11.0. The van der Waals surface area contributed by atoms with Crippen molar-refractivity contribution >= 4 is 29.6 Å². The van der Waals surface area contributed by atoms with Gasteiger partial charge in [-0.1, -0.05) is 0 Å². The Bertz CT molecular complexity index is 486. The highest BCUT2D eigenvalue weighted by molar-refractivity contribution is 8.03. The van der Waals surface area contributed by atoms with E-state index < -0.39 is 17.8 Å². The molecule has 102 valence electrons. The lowest BCUT2D eigenvalue weighted by atomic mass is 10.1. The van der Waals surface area contributed by atoms with Gasteiger partial charge in [0.1, 0.15) is 5.57 Å². The van der Waals surface area contributed by atoms with Gasteiger partial charge in [-0.2, -0.15) is 0 Å². The monoisotopic (exact) mass is 281 g/mol. The maximum absolute atomic E-state index is 11.9. The summed E-state index contributed by atoms with van der Waals surface area (Å²) in [5.74, 6) is -0.128. The normalized spacial score (nSPS) is 22.9. The number of carbonyl (C=O) groups excluding carboxylic acids is 3. The van der Waals surface area contributed by atoms with Gasteiger partial charge in [-0.05, 0) is 12.2 Å². The van der Waals surface area contributed by atoms with E-state index >= 15 is 0 Å². The molecule has 0 saturated carbocycles. The lowest BCUT2D eigenvalue weighted by molar-refractivity contribution is -0.134. The third-order valence-corrected chi connectivity index (χ3v) is 4.22. The first kappa shape index (κ1) is 13.7. The summed E-state index contributed by atoms with van der Waals surface area (Å²) in [6.45, 7) is 0.944. The van der Waals surface area contributed by atoms with Gasteiger partial charge in [-0.15, -0.1) is 11.8 Å². The third kappa shape index (κ3) is 2.37. The molecule has 6 nitrogen and oxygen atoms in total. The van der Waals surface area contributed by atoms with Gasteiger partial charge in [0.25, 0.3) is 11.8 Å². The van der Waals surface area contributed by atoms with Gasteiger partial charge in [0, 0.05) is 33.4 Å². The van der Waals surface area contributed by atoms with Crippen molar-refractivity contribution in [2.75, 3.05) is 33.4 Å². The van der Waals surface area contributed by atoms with Crippen LogP contribution in [0.4, 0.5) is 4.79 Å².